The Morgan fingerprint density at radius 1 is 1.40 bits per heavy atom. The van der Waals surface area contributed by atoms with E-state index in [9.17, 15) is 0 Å². The third-order valence-corrected chi connectivity index (χ3v) is 2.11. The second-order valence-electron chi connectivity index (χ2n) is 3.56. The van der Waals surface area contributed by atoms with Crippen molar-refractivity contribution >= 4 is 0 Å². The number of hydrogen-bond acceptors (Lipinski definition) is 3. The van der Waals surface area contributed by atoms with Crippen molar-refractivity contribution in [2.24, 2.45) is 0 Å². The monoisotopic (exact) mass is 208 g/mol. The lowest BCUT2D eigenvalue weighted by Gasteiger charge is -2.11. The van der Waals surface area contributed by atoms with Gasteiger partial charge in [-0.15, -0.1) is 0 Å². The van der Waals surface area contributed by atoms with Crippen molar-refractivity contribution in [1.29, 1.82) is 0 Å². The van der Waals surface area contributed by atoms with Gasteiger partial charge >= 0.3 is 0 Å². The SMILES string of the molecule is CCCOc1cc(C)ncc1CNCC. The molecule has 3 heteroatoms. The standard InChI is InChI=1S/C12H20N2O/c1-4-6-15-12-7-10(3)14-9-11(12)8-13-5-2/h7,9,13H,4-6,8H2,1-3H3. The molecule has 1 aromatic heterocycles. The van der Waals surface area contributed by atoms with Gasteiger partial charge < -0.3 is 10.1 Å². The Hall–Kier alpha value is -1.09. The molecule has 0 aromatic carbocycles. The molecule has 3 nitrogen and oxygen atoms in total. The Balaban J connectivity index is 2.73. The lowest BCUT2D eigenvalue weighted by Crippen LogP contribution is -2.13. The van der Waals surface area contributed by atoms with E-state index in [4.69, 9.17) is 4.74 Å². The van der Waals surface area contributed by atoms with Gasteiger partial charge in [-0.1, -0.05) is 13.8 Å². The maximum atomic E-state index is 5.68. The van der Waals surface area contributed by atoms with Crippen LogP contribution in [0.4, 0.5) is 0 Å². The van der Waals surface area contributed by atoms with Gasteiger partial charge in [0.05, 0.1) is 6.61 Å². The lowest BCUT2D eigenvalue weighted by atomic mass is 10.2. The van der Waals surface area contributed by atoms with Gasteiger partial charge in [-0.3, -0.25) is 4.98 Å². The first-order chi connectivity index (χ1) is 7.27. The summed E-state index contributed by atoms with van der Waals surface area (Å²) in [6, 6.07) is 2.00. The number of aryl methyl sites for hydroxylation is 1. The van der Waals surface area contributed by atoms with E-state index in [1.54, 1.807) is 0 Å². The molecule has 1 heterocycles. The summed E-state index contributed by atoms with van der Waals surface area (Å²) in [7, 11) is 0. The smallest absolute Gasteiger partial charge is 0.127 e. The van der Waals surface area contributed by atoms with Crippen molar-refractivity contribution in [3.63, 3.8) is 0 Å². The van der Waals surface area contributed by atoms with Crippen LogP contribution in [0.15, 0.2) is 12.3 Å². The zero-order valence-corrected chi connectivity index (χ0v) is 9.84. The molecule has 1 rings (SSSR count). The van der Waals surface area contributed by atoms with Crippen molar-refractivity contribution in [2.45, 2.75) is 33.7 Å². The largest absolute Gasteiger partial charge is 0.493 e. The highest BCUT2D eigenvalue weighted by molar-refractivity contribution is 5.32. The molecule has 0 radical (unpaired) electrons. The Kier molecular flexibility index (Phi) is 5.12. The van der Waals surface area contributed by atoms with Crippen LogP contribution in [-0.4, -0.2) is 18.1 Å². The minimum Gasteiger partial charge on any atom is -0.493 e. The normalized spacial score (nSPS) is 10.3. The first kappa shape index (κ1) is 12.0. The van der Waals surface area contributed by atoms with Crippen molar-refractivity contribution < 1.29 is 4.74 Å². The van der Waals surface area contributed by atoms with Gasteiger partial charge in [0.25, 0.3) is 0 Å². The van der Waals surface area contributed by atoms with Gasteiger partial charge in [0.1, 0.15) is 5.75 Å². The summed E-state index contributed by atoms with van der Waals surface area (Å²) < 4.78 is 5.68. The first-order valence-corrected chi connectivity index (χ1v) is 5.57. The van der Waals surface area contributed by atoms with Crippen molar-refractivity contribution in [3.8, 4) is 5.75 Å². The molecular weight excluding hydrogens is 188 g/mol. The Bertz CT molecular complexity index is 300. The molecule has 0 spiro atoms. The molecule has 84 valence electrons. The predicted molar refractivity (Wildman–Crippen MR) is 62.1 cm³/mol. The topological polar surface area (TPSA) is 34.1 Å². The minimum absolute atomic E-state index is 0.766. The number of pyridine rings is 1. The third kappa shape index (κ3) is 3.88. The van der Waals surface area contributed by atoms with Crippen LogP contribution in [0.2, 0.25) is 0 Å². The fourth-order valence-electron chi connectivity index (χ4n) is 1.30. The molecular formula is C12H20N2O. The highest BCUT2D eigenvalue weighted by Gasteiger charge is 2.04. The van der Waals surface area contributed by atoms with Crippen LogP contribution in [-0.2, 0) is 6.54 Å². The summed E-state index contributed by atoms with van der Waals surface area (Å²) in [5.41, 5.74) is 2.14. The summed E-state index contributed by atoms with van der Waals surface area (Å²) in [6.45, 7) is 8.73. The average Bonchev–Trinajstić information content (AvgIpc) is 2.25. The fraction of sp³-hybridized carbons (Fsp3) is 0.583. The van der Waals surface area contributed by atoms with Crippen LogP contribution in [0.5, 0.6) is 5.75 Å². The molecule has 0 saturated heterocycles. The summed E-state index contributed by atoms with van der Waals surface area (Å²) in [6.07, 6.45) is 2.92. The molecule has 0 saturated carbocycles. The molecule has 15 heavy (non-hydrogen) atoms. The summed E-state index contributed by atoms with van der Waals surface area (Å²) in [5, 5.41) is 3.28. The van der Waals surface area contributed by atoms with Crippen LogP contribution >= 0.6 is 0 Å². The number of aromatic nitrogens is 1. The third-order valence-electron chi connectivity index (χ3n) is 2.11. The summed E-state index contributed by atoms with van der Waals surface area (Å²) >= 11 is 0. The number of hydrogen-bond donors (Lipinski definition) is 1. The highest BCUT2D eigenvalue weighted by atomic mass is 16.5. The van der Waals surface area contributed by atoms with Crippen molar-refractivity contribution in [2.75, 3.05) is 13.2 Å². The van der Waals surface area contributed by atoms with E-state index >= 15 is 0 Å². The Morgan fingerprint density at radius 3 is 2.87 bits per heavy atom. The molecule has 0 atom stereocenters. The van der Waals surface area contributed by atoms with Gasteiger partial charge in [-0.05, 0) is 19.9 Å². The first-order valence-electron chi connectivity index (χ1n) is 5.57. The Morgan fingerprint density at radius 2 is 2.20 bits per heavy atom. The number of nitrogens with one attached hydrogen (secondary N) is 1. The highest BCUT2D eigenvalue weighted by Crippen LogP contribution is 2.18. The zero-order valence-electron chi connectivity index (χ0n) is 9.84. The zero-order chi connectivity index (χ0) is 11.1. The van der Waals surface area contributed by atoms with Crippen molar-refractivity contribution in [3.05, 3.63) is 23.5 Å². The predicted octanol–water partition coefficient (Wildman–Crippen LogP) is 2.29. The van der Waals surface area contributed by atoms with E-state index in [1.165, 1.54) is 0 Å². The maximum Gasteiger partial charge on any atom is 0.127 e. The molecule has 0 amide bonds. The van der Waals surface area contributed by atoms with Crippen LogP contribution in [0.25, 0.3) is 0 Å². The lowest BCUT2D eigenvalue weighted by molar-refractivity contribution is 0.312. The number of nitrogens with zero attached hydrogens (tertiary/aromatic N) is 1. The van der Waals surface area contributed by atoms with Gasteiger partial charge in [0.2, 0.25) is 0 Å². The molecule has 1 aromatic rings. The van der Waals surface area contributed by atoms with Gasteiger partial charge in [-0.2, -0.15) is 0 Å². The second-order valence-corrected chi connectivity index (χ2v) is 3.56. The molecule has 0 bridgehead atoms. The van der Waals surface area contributed by atoms with Crippen LogP contribution in [0.3, 0.4) is 0 Å². The van der Waals surface area contributed by atoms with E-state index in [0.29, 0.717) is 0 Å². The maximum absolute atomic E-state index is 5.68. The second kappa shape index (κ2) is 6.40. The Labute approximate surface area is 91.9 Å². The fourth-order valence-corrected chi connectivity index (χ4v) is 1.30. The molecule has 0 fully saturated rings. The van der Waals surface area contributed by atoms with Crippen LogP contribution < -0.4 is 10.1 Å². The molecule has 0 unspecified atom stereocenters. The van der Waals surface area contributed by atoms with E-state index in [-0.39, 0.29) is 0 Å². The minimum atomic E-state index is 0.766. The van der Waals surface area contributed by atoms with E-state index in [1.807, 2.05) is 19.2 Å². The molecule has 0 aliphatic heterocycles. The quantitative estimate of drug-likeness (QED) is 0.779. The average molecular weight is 208 g/mol. The van der Waals surface area contributed by atoms with Gasteiger partial charge in [0, 0.05) is 30.1 Å². The van der Waals surface area contributed by atoms with Crippen LogP contribution in [0, 0.1) is 6.92 Å². The van der Waals surface area contributed by atoms with Crippen LogP contribution in [0.1, 0.15) is 31.5 Å². The van der Waals surface area contributed by atoms with Gasteiger partial charge in [0.15, 0.2) is 0 Å². The molecule has 0 aliphatic rings. The number of ether oxygens (including phenoxy) is 1. The summed E-state index contributed by atoms with van der Waals surface area (Å²) in [5.74, 6) is 0.963. The van der Waals surface area contributed by atoms with Gasteiger partial charge in [-0.25, -0.2) is 0 Å². The van der Waals surface area contributed by atoms with E-state index < -0.39 is 0 Å². The van der Waals surface area contributed by atoms with E-state index in [0.717, 1.165) is 43.1 Å². The summed E-state index contributed by atoms with van der Waals surface area (Å²) in [4.78, 5) is 4.28. The number of rotatable bonds is 6. The van der Waals surface area contributed by atoms with E-state index in [2.05, 4.69) is 24.1 Å². The van der Waals surface area contributed by atoms with Crippen molar-refractivity contribution in [1.82, 2.24) is 10.3 Å². The molecule has 0 aliphatic carbocycles. The molecule has 1 N–H and O–H groups in total.